The molecule has 0 saturated carbocycles. The molecule has 0 aromatic heterocycles. The fraction of sp³-hybridized carbons (Fsp3) is 0.269. The molecule has 33 heavy (non-hydrogen) atoms. The summed E-state index contributed by atoms with van der Waals surface area (Å²) in [6.45, 7) is 4.29. The number of carbonyl (C=O) groups is 1. The molecule has 3 aromatic rings. The largest absolute Gasteiger partial charge is 0.508 e. The lowest BCUT2D eigenvalue weighted by molar-refractivity contribution is 0.102. The van der Waals surface area contributed by atoms with Crippen molar-refractivity contribution in [1.29, 1.82) is 0 Å². The van der Waals surface area contributed by atoms with Gasteiger partial charge in [0.1, 0.15) is 5.75 Å². The molecule has 1 fully saturated rings. The van der Waals surface area contributed by atoms with Crippen molar-refractivity contribution in [2.24, 2.45) is 0 Å². The first-order chi connectivity index (χ1) is 16.0. The molecular formula is C26H28ClN3O3. The highest BCUT2D eigenvalue weighted by Gasteiger charge is 2.19. The highest BCUT2D eigenvalue weighted by atomic mass is 35.5. The summed E-state index contributed by atoms with van der Waals surface area (Å²) in [7, 11) is 0. The van der Waals surface area contributed by atoms with Crippen LogP contribution in [-0.4, -0.2) is 60.4 Å². The molecule has 4 rings (SSSR count). The topological polar surface area (TPSA) is 76.0 Å². The standard InChI is InChI=1S/C26H28ClN3O3/c27-23-18-22(7-8-24(23)30-12-10-29(11-13-30)14-15-31)28-26(33)20-6-9-25(32)21(17-20)16-19-4-2-1-3-5-19/h1-9,17-18,31-32H,10-16H2,(H,28,33). The fourth-order valence-corrected chi connectivity index (χ4v) is 4.38. The van der Waals surface area contributed by atoms with E-state index < -0.39 is 0 Å². The SMILES string of the molecule is O=C(Nc1ccc(N2CCN(CCO)CC2)c(Cl)c1)c1ccc(O)c(Cc2ccccc2)c1. The molecule has 1 heterocycles. The zero-order valence-corrected chi connectivity index (χ0v) is 19.1. The van der Waals surface area contributed by atoms with Gasteiger partial charge in [0.05, 0.1) is 17.3 Å². The Labute approximate surface area is 199 Å². The summed E-state index contributed by atoms with van der Waals surface area (Å²) in [6.07, 6.45) is 0.542. The molecule has 172 valence electrons. The van der Waals surface area contributed by atoms with Gasteiger partial charge in [0, 0.05) is 50.4 Å². The molecule has 3 aromatic carbocycles. The van der Waals surface area contributed by atoms with E-state index in [0.717, 1.165) is 37.4 Å². The van der Waals surface area contributed by atoms with E-state index in [0.29, 0.717) is 34.8 Å². The summed E-state index contributed by atoms with van der Waals surface area (Å²) in [5.74, 6) is -0.0902. The van der Waals surface area contributed by atoms with E-state index in [1.807, 2.05) is 42.5 Å². The summed E-state index contributed by atoms with van der Waals surface area (Å²) in [5.41, 5.74) is 3.78. The van der Waals surface area contributed by atoms with Crippen LogP contribution in [0.5, 0.6) is 5.75 Å². The van der Waals surface area contributed by atoms with Crippen molar-refractivity contribution < 1.29 is 15.0 Å². The lowest BCUT2D eigenvalue weighted by atomic mass is 10.0. The number of anilines is 2. The van der Waals surface area contributed by atoms with Crippen LogP contribution in [0.4, 0.5) is 11.4 Å². The number of aliphatic hydroxyl groups excluding tert-OH is 1. The molecular weight excluding hydrogens is 438 g/mol. The zero-order chi connectivity index (χ0) is 23.2. The minimum absolute atomic E-state index is 0.168. The van der Waals surface area contributed by atoms with Crippen molar-refractivity contribution in [2.45, 2.75) is 6.42 Å². The maximum absolute atomic E-state index is 12.9. The van der Waals surface area contributed by atoms with Gasteiger partial charge >= 0.3 is 0 Å². The number of β-amino-alcohol motifs (C(OH)–C–C–N with tert-alkyl or cyclic N) is 1. The van der Waals surface area contributed by atoms with Gasteiger partial charge in [-0.2, -0.15) is 0 Å². The van der Waals surface area contributed by atoms with Crippen molar-refractivity contribution in [3.8, 4) is 5.75 Å². The van der Waals surface area contributed by atoms with Crippen LogP contribution in [0.25, 0.3) is 0 Å². The van der Waals surface area contributed by atoms with Gasteiger partial charge in [-0.3, -0.25) is 9.69 Å². The second-order valence-electron chi connectivity index (χ2n) is 8.18. The number of aliphatic hydroxyl groups is 1. The highest BCUT2D eigenvalue weighted by molar-refractivity contribution is 6.33. The Morgan fingerprint density at radius 3 is 2.42 bits per heavy atom. The Morgan fingerprint density at radius 1 is 0.970 bits per heavy atom. The van der Waals surface area contributed by atoms with E-state index >= 15 is 0 Å². The van der Waals surface area contributed by atoms with Crippen molar-refractivity contribution >= 4 is 28.9 Å². The van der Waals surface area contributed by atoms with Crippen LogP contribution >= 0.6 is 11.6 Å². The van der Waals surface area contributed by atoms with Crippen molar-refractivity contribution in [3.63, 3.8) is 0 Å². The maximum atomic E-state index is 12.9. The number of phenolic OH excluding ortho intramolecular Hbond substituents is 1. The number of phenols is 1. The maximum Gasteiger partial charge on any atom is 0.255 e. The molecule has 0 spiro atoms. The number of rotatable bonds is 7. The Balaban J connectivity index is 1.42. The molecule has 0 atom stereocenters. The van der Waals surface area contributed by atoms with E-state index in [-0.39, 0.29) is 18.3 Å². The Bertz CT molecular complexity index is 1100. The first kappa shape index (κ1) is 23.1. The monoisotopic (exact) mass is 465 g/mol. The summed E-state index contributed by atoms with van der Waals surface area (Å²) >= 11 is 6.55. The van der Waals surface area contributed by atoms with Gasteiger partial charge < -0.3 is 20.4 Å². The van der Waals surface area contributed by atoms with Gasteiger partial charge in [0.15, 0.2) is 0 Å². The number of aromatic hydroxyl groups is 1. The van der Waals surface area contributed by atoms with E-state index in [1.54, 1.807) is 24.3 Å². The second kappa shape index (κ2) is 10.7. The van der Waals surface area contributed by atoms with Gasteiger partial charge in [-0.05, 0) is 47.5 Å². The number of nitrogens with zero attached hydrogens (tertiary/aromatic N) is 2. The minimum Gasteiger partial charge on any atom is -0.508 e. The Kier molecular flexibility index (Phi) is 7.50. The van der Waals surface area contributed by atoms with Crippen molar-refractivity contribution in [2.75, 3.05) is 49.5 Å². The van der Waals surface area contributed by atoms with Crippen molar-refractivity contribution in [3.05, 3.63) is 88.4 Å². The summed E-state index contributed by atoms with van der Waals surface area (Å²) in [5, 5.41) is 22.8. The summed E-state index contributed by atoms with van der Waals surface area (Å²) in [6, 6.07) is 20.3. The number of hydrogen-bond donors (Lipinski definition) is 3. The second-order valence-corrected chi connectivity index (χ2v) is 8.59. The van der Waals surface area contributed by atoms with Crippen LogP contribution in [0.3, 0.4) is 0 Å². The Hall–Kier alpha value is -3.06. The normalized spacial score (nSPS) is 14.3. The molecule has 6 nitrogen and oxygen atoms in total. The van der Waals surface area contributed by atoms with Crippen LogP contribution in [0.15, 0.2) is 66.7 Å². The number of hydrogen-bond acceptors (Lipinski definition) is 5. The molecule has 7 heteroatoms. The third-order valence-corrected chi connectivity index (χ3v) is 6.22. The lowest BCUT2D eigenvalue weighted by Gasteiger charge is -2.36. The third kappa shape index (κ3) is 5.85. The highest BCUT2D eigenvalue weighted by Crippen LogP contribution is 2.30. The lowest BCUT2D eigenvalue weighted by Crippen LogP contribution is -2.47. The molecule has 1 aliphatic rings. The first-order valence-electron chi connectivity index (χ1n) is 11.1. The molecule has 0 aliphatic carbocycles. The van der Waals surface area contributed by atoms with Crippen LogP contribution < -0.4 is 10.2 Å². The fourth-order valence-electron chi connectivity index (χ4n) is 4.08. The predicted molar refractivity (Wildman–Crippen MR) is 132 cm³/mol. The van der Waals surface area contributed by atoms with Gasteiger partial charge in [0.2, 0.25) is 0 Å². The minimum atomic E-state index is -0.259. The third-order valence-electron chi connectivity index (χ3n) is 5.91. The van der Waals surface area contributed by atoms with Crippen molar-refractivity contribution in [1.82, 2.24) is 4.90 Å². The average Bonchev–Trinajstić information content (AvgIpc) is 2.82. The van der Waals surface area contributed by atoms with E-state index in [4.69, 9.17) is 16.7 Å². The Morgan fingerprint density at radius 2 is 1.73 bits per heavy atom. The quantitative estimate of drug-likeness (QED) is 0.491. The number of amides is 1. The number of benzene rings is 3. The number of piperazine rings is 1. The van der Waals surface area contributed by atoms with Crippen LogP contribution in [0.2, 0.25) is 5.02 Å². The van der Waals surface area contributed by atoms with E-state index in [2.05, 4.69) is 15.1 Å². The van der Waals surface area contributed by atoms with E-state index in [9.17, 15) is 9.90 Å². The van der Waals surface area contributed by atoms with Crippen LogP contribution in [0, 0.1) is 0 Å². The molecule has 1 saturated heterocycles. The number of carbonyl (C=O) groups excluding carboxylic acids is 1. The number of halogens is 1. The molecule has 0 radical (unpaired) electrons. The van der Waals surface area contributed by atoms with Gasteiger partial charge in [-0.1, -0.05) is 41.9 Å². The van der Waals surface area contributed by atoms with E-state index in [1.165, 1.54) is 0 Å². The van der Waals surface area contributed by atoms with Crippen LogP contribution in [0.1, 0.15) is 21.5 Å². The number of nitrogens with one attached hydrogen (secondary N) is 1. The average molecular weight is 466 g/mol. The molecule has 3 N–H and O–H groups in total. The van der Waals surface area contributed by atoms with Gasteiger partial charge in [-0.25, -0.2) is 0 Å². The molecule has 1 amide bonds. The molecule has 1 aliphatic heterocycles. The molecule has 0 bridgehead atoms. The first-order valence-corrected chi connectivity index (χ1v) is 11.5. The smallest absolute Gasteiger partial charge is 0.255 e. The zero-order valence-electron chi connectivity index (χ0n) is 18.4. The summed E-state index contributed by atoms with van der Waals surface area (Å²) < 4.78 is 0. The van der Waals surface area contributed by atoms with Gasteiger partial charge in [0.25, 0.3) is 5.91 Å². The molecule has 0 unspecified atom stereocenters. The van der Waals surface area contributed by atoms with Gasteiger partial charge in [-0.15, -0.1) is 0 Å². The van der Waals surface area contributed by atoms with Crippen LogP contribution in [-0.2, 0) is 6.42 Å². The summed E-state index contributed by atoms with van der Waals surface area (Å²) in [4.78, 5) is 17.3. The predicted octanol–water partition coefficient (Wildman–Crippen LogP) is 4.00.